The van der Waals surface area contributed by atoms with Gasteiger partial charge in [0.1, 0.15) is 16.8 Å². The molecule has 1 fully saturated rings. The second-order valence-electron chi connectivity index (χ2n) is 6.32. The van der Waals surface area contributed by atoms with Crippen molar-refractivity contribution in [3.63, 3.8) is 0 Å². The van der Waals surface area contributed by atoms with E-state index in [-0.39, 0.29) is 5.41 Å². The standard InChI is InChI=1S/C14H22ClN3/c1-10-6-5-7-18(9-10)12-8-11(15)16-13(17-12)14(2,3)4/h8,10H,5-7,9H2,1-4H3. The zero-order valence-electron chi connectivity index (χ0n) is 11.7. The van der Waals surface area contributed by atoms with Crippen LogP contribution in [0.15, 0.2) is 6.07 Å². The van der Waals surface area contributed by atoms with Gasteiger partial charge < -0.3 is 4.90 Å². The molecule has 0 N–H and O–H groups in total. The van der Waals surface area contributed by atoms with Gasteiger partial charge in [0.25, 0.3) is 0 Å². The van der Waals surface area contributed by atoms with Gasteiger partial charge in [0.05, 0.1) is 0 Å². The minimum atomic E-state index is -0.0684. The van der Waals surface area contributed by atoms with Crippen molar-refractivity contribution in [3.8, 4) is 0 Å². The molecule has 1 aromatic heterocycles. The van der Waals surface area contributed by atoms with Crippen molar-refractivity contribution in [3.05, 3.63) is 17.0 Å². The SMILES string of the molecule is CC1CCCN(c2cc(Cl)nc(C(C)(C)C)n2)C1. The summed E-state index contributed by atoms with van der Waals surface area (Å²) in [6.07, 6.45) is 2.54. The van der Waals surface area contributed by atoms with Gasteiger partial charge in [0, 0.05) is 24.6 Å². The van der Waals surface area contributed by atoms with Gasteiger partial charge in [-0.15, -0.1) is 0 Å². The molecule has 1 atom stereocenters. The molecule has 3 nitrogen and oxygen atoms in total. The van der Waals surface area contributed by atoms with E-state index < -0.39 is 0 Å². The summed E-state index contributed by atoms with van der Waals surface area (Å²) in [5, 5.41) is 0.545. The van der Waals surface area contributed by atoms with E-state index in [1.807, 2.05) is 6.07 Å². The molecule has 2 rings (SSSR count). The van der Waals surface area contributed by atoms with E-state index in [2.05, 4.69) is 37.6 Å². The number of nitrogens with zero attached hydrogens (tertiary/aromatic N) is 3. The monoisotopic (exact) mass is 267 g/mol. The normalized spacial score (nSPS) is 21.2. The van der Waals surface area contributed by atoms with Gasteiger partial charge in [-0.25, -0.2) is 9.97 Å². The Kier molecular flexibility index (Phi) is 3.81. The highest BCUT2D eigenvalue weighted by molar-refractivity contribution is 6.29. The van der Waals surface area contributed by atoms with Crippen LogP contribution in [-0.2, 0) is 5.41 Å². The van der Waals surface area contributed by atoms with Crippen LogP contribution in [0.5, 0.6) is 0 Å². The average Bonchev–Trinajstić information content (AvgIpc) is 2.27. The molecular formula is C14H22ClN3. The average molecular weight is 268 g/mol. The van der Waals surface area contributed by atoms with Crippen molar-refractivity contribution in [1.29, 1.82) is 0 Å². The second kappa shape index (κ2) is 5.04. The van der Waals surface area contributed by atoms with Crippen molar-refractivity contribution in [2.75, 3.05) is 18.0 Å². The predicted octanol–water partition coefficient (Wildman–Crippen LogP) is 3.66. The molecule has 0 radical (unpaired) electrons. The van der Waals surface area contributed by atoms with Crippen LogP contribution in [0.1, 0.15) is 46.4 Å². The lowest BCUT2D eigenvalue weighted by molar-refractivity contribution is 0.442. The van der Waals surface area contributed by atoms with Crippen LogP contribution in [-0.4, -0.2) is 23.1 Å². The third-order valence-corrected chi connectivity index (χ3v) is 3.53. The first kappa shape index (κ1) is 13.6. The van der Waals surface area contributed by atoms with Crippen molar-refractivity contribution < 1.29 is 0 Å². The number of piperidine rings is 1. The van der Waals surface area contributed by atoms with Gasteiger partial charge in [-0.2, -0.15) is 0 Å². The lowest BCUT2D eigenvalue weighted by Gasteiger charge is -2.32. The summed E-state index contributed by atoms with van der Waals surface area (Å²) in [7, 11) is 0. The van der Waals surface area contributed by atoms with Crippen LogP contribution in [0.4, 0.5) is 5.82 Å². The summed E-state index contributed by atoms with van der Waals surface area (Å²) in [5.41, 5.74) is -0.0684. The van der Waals surface area contributed by atoms with Crippen molar-refractivity contribution in [2.24, 2.45) is 5.92 Å². The highest BCUT2D eigenvalue weighted by atomic mass is 35.5. The highest BCUT2D eigenvalue weighted by Gasteiger charge is 2.22. The lowest BCUT2D eigenvalue weighted by atomic mass is 9.95. The predicted molar refractivity (Wildman–Crippen MR) is 76.4 cm³/mol. The smallest absolute Gasteiger partial charge is 0.137 e. The Morgan fingerprint density at radius 3 is 2.67 bits per heavy atom. The first-order chi connectivity index (χ1) is 8.36. The molecule has 100 valence electrons. The van der Waals surface area contributed by atoms with E-state index in [9.17, 15) is 0 Å². The fraction of sp³-hybridized carbons (Fsp3) is 0.714. The molecule has 1 unspecified atom stereocenters. The molecule has 0 spiro atoms. The maximum Gasteiger partial charge on any atom is 0.137 e. The molecule has 4 heteroatoms. The van der Waals surface area contributed by atoms with E-state index in [1.165, 1.54) is 12.8 Å². The van der Waals surface area contributed by atoms with Crippen LogP contribution in [0.25, 0.3) is 0 Å². The lowest BCUT2D eigenvalue weighted by Crippen LogP contribution is -2.35. The van der Waals surface area contributed by atoms with E-state index in [0.29, 0.717) is 5.15 Å². The first-order valence-electron chi connectivity index (χ1n) is 6.66. The van der Waals surface area contributed by atoms with E-state index in [1.54, 1.807) is 0 Å². The molecule has 18 heavy (non-hydrogen) atoms. The summed E-state index contributed by atoms with van der Waals surface area (Å²) in [5.74, 6) is 2.53. The van der Waals surface area contributed by atoms with Crippen molar-refractivity contribution in [2.45, 2.75) is 46.0 Å². The summed E-state index contributed by atoms with van der Waals surface area (Å²) in [6.45, 7) is 10.8. The quantitative estimate of drug-likeness (QED) is 0.727. The fourth-order valence-electron chi connectivity index (χ4n) is 2.30. The molecule has 1 aromatic rings. The van der Waals surface area contributed by atoms with Gasteiger partial charge in [0.2, 0.25) is 0 Å². The molecule has 0 amide bonds. The fourth-order valence-corrected chi connectivity index (χ4v) is 2.48. The third kappa shape index (κ3) is 3.14. The Morgan fingerprint density at radius 2 is 2.06 bits per heavy atom. The van der Waals surface area contributed by atoms with Crippen LogP contribution in [0.2, 0.25) is 5.15 Å². The van der Waals surface area contributed by atoms with Gasteiger partial charge in [-0.05, 0) is 18.8 Å². The molecule has 0 bridgehead atoms. The Morgan fingerprint density at radius 1 is 1.33 bits per heavy atom. The third-order valence-electron chi connectivity index (χ3n) is 3.33. The molecular weight excluding hydrogens is 246 g/mol. The number of hydrogen-bond donors (Lipinski definition) is 0. The zero-order chi connectivity index (χ0) is 13.3. The number of rotatable bonds is 1. The van der Waals surface area contributed by atoms with Gasteiger partial charge in [-0.1, -0.05) is 39.3 Å². The molecule has 1 aliphatic rings. The Hall–Kier alpha value is -0.830. The topological polar surface area (TPSA) is 29.0 Å². The van der Waals surface area contributed by atoms with Gasteiger partial charge in [-0.3, -0.25) is 0 Å². The molecule has 1 aliphatic heterocycles. The molecule has 0 aromatic carbocycles. The minimum absolute atomic E-state index is 0.0684. The number of anilines is 1. The molecule has 2 heterocycles. The molecule has 1 saturated heterocycles. The number of halogens is 1. The summed E-state index contributed by atoms with van der Waals surface area (Å²) in [6, 6.07) is 1.88. The van der Waals surface area contributed by atoms with E-state index >= 15 is 0 Å². The van der Waals surface area contributed by atoms with Gasteiger partial charge in [0.15, 0.2) is 0 Å². The molecule has 0 aliphatic carbocycles. The first-order valence-corrected chi connectivity index (χ1v) is 7.04. The zero-order valence-corrected chi connectivity index (χ0v) is 12.5. The summed E-state index contributed by atoms with van der Waals surface area (Å²) >= 11 is 6.13. The maximum atomic E-state index is 6.13. The molecule has 0 saturated carbocycles. The second-order valence-corrected chi connectivity index (χ2v) is 6.70. The van der Waals surface area contributed by atoms with E-state index in [0.717, 1.165) is 30.6 Å². The Labute approximate surface area is 115 Å². The Bertz CT molecular complexity index is 426. The van der Waals surface area contributed by atoms with Crippen molar-refractivity contribution >= 4 is 17.4 Å². The summed E-state index contributed by atoms with van der Waals surface area (Å²) in [4.78, 5) is 11.4. The summed E-state index contributed by atoms with van der Waals surface area (Å²) < 4.78 is 0. The largest absolute Gasteiger partial charge is 0.356 e. The van der Waals surface area contributed by atoms with Gasteiger partial charge >= 0.3 is 0 Å². The maximum absolute atomic E-state index is 6.13. The van der Waals surface area contributed by atoms with Crippen LogP contribution in [0.3, 0.4) is 0 Å². The minimum Gasteiger partial charge on any atom is -0.356 e. The van der Waals surface area contributed by atoms with Crippen LogP contribution < -0.4 is 4.90 Å². The van der Waals surface area contributed by atoms with Crippen molar-refractivity contribution in [1.82, 2.24) is 9.97 Å². The van der Waals surface area contributed by atoms with Crippen LogP contribution in [0, 0.1) is 5.92 Å². The Balaban J connectivity index is 2.30. The van der Waals surface area contributed by atoms with Crippen LogP contribution >= 0.6 is 11.6 Å². The number of hydrogen-bond acceptors (Lipinski definition) is 3. The highest BCUT2D eigenvalue weighted by Crippen LogP contribution is 2.26. The number of aromatic nitrogens is 2. The van der Waals surface area contributed by atoms with E-state index in [4.69, 9.17) is 16.6 Å².